The van der Waals surface area contributed by atoms with Gasteiger partial charge in [0.05, 0.1) is 11.5 Å². The maximum absolute atomic E-state index is 11.2. The Labute approximate surface area is 88.5 Å². The van der Waals surface area contributed by atoms with Crippen molar-refractivity contribution < 1.29 is 12.9 Å². The molecule has 1 aromatic rings. The molecule has 0 aliphatic carbocycles. The van der Waals surface area contributed by atoms with E-state index in [0.717, 1.165) is 12.2 Å². The first-order valence-corrected chi connectivity index (χ1v) is 6.79. The molecule has 0 radical (unpaired) electrons. The third-order valence-electron chi connectivity index (χ3n) is 2.74. The van der Waals surface area contributed by atoms with Gasteiger partial charge in [-0.25, -0.2) is 8.42 Å². The number of rotatable bonds is 2. The van der Waals surface area contributed by atoms with Gasteiger partial charge in [-0.05, 0) is 18.8 Å². The van der Waals surface area contributed by atoms with Crippen molar-refractivity contribution in [3.63, 3.8) is 0 Å². The van der Waals surface area contributed by atoms with Crippen molar-refractivity contribution in [1.82, 2.24) is 5.16 Å². The molecule has 2 N–H and O–H groups in total. The molecule has 0 atom stereocenters. The first-order chi connectivity index (χ1) is 7.05. The van der Waals surface area contributed by atoms with Gasteiger partial charge < -0.3 is 10.3 Å². The maximum atomic E-state index is 11.2. The van der Waals surface area contributed by atoms with Crippen molar-refractivity contribution in [2.75, 3.05) is 17.2 Å². The second kappa shape index (κ2) is 3.84. The Bertz CT molecular complexity index is 424. The predicted octanol–water partition coefficient (Wildman–Crippen LogP) is 0.624. The van der Waals surface area contributed by atoms with E-state index in [0.29, 0.717) is 36.1 Å². The number of nitrogens with two attached hydrogens (primary N) is 1. The van der Waals surface area contributed by atoms with Gasteiger partial charge in [-0.2, -0.15) is 0 Å². The molecule has 0 saturated carbocycles. The van der Waals surface area contributed by atoms with Gasteiger partial charge in [0, 0.05) is 12.5 Å². The minimum absolute atomic E-state index is 0.293. The molecule has 1 saturated heterocycles. The van der Waals surface area contributed by atoms with Crippen LogP contribution in [0, 0.1) is 5.92 Å². The fraction of sp³-hybridized carbons (Fsp3) is 0.667. The average Bonchev–Trinajstić information content (AvgIpc) is 2.55. The highest BCUT2D eigenvalue weighted by Crippen LogP contribution is 2.23. The summed E-state index contributed by atoms with van der Waals surface area (Å²) in [6, 6.07) is 1.70. The SMILES string of the molecule is Nc1cc(CC2CCS(=O)(=O)CC2)on1. The molecule has 2 rings (SSSR count). The Morgan fingerprint density at radius 2 is 2.13 bits per heavy atom. The quantitative estimate of drug-likeness (QED) is 0.805. The van der Waals surface area contributed by atoms with Crippen LogP contribution in [0.25, 0.3) is 0 Å². The zero-order chi connectivity index (χ0) is 10.9. The second-order valence-electron chi connectivity index (χ2n) is 4.02. The number of hydrogen-bond acceptors (Lipinski definition) is 5. The number of sulfone groups is 1. The smallest absolute Gasteiger partial charge is 0.167 e. The van der Waals surface area contributed by atoms with Crippen LogP contribution in [0.5, 0.6) is 0 Å². The Hall–Kier alpha value is -1.04. The van der Waals surface area contributed by atoms with Crippen molar-refractivity contribution in [3.05, 3.63) is 11.8 Å². The lowest BCUT2D eigenvalue weighted by molar-refractivity contribution is 0.349. The molecule has 0 aromatic carbocycles. The Morgan fingerprint density at radius 3 is 2.67 bits per heavy atom. The van der Waals surface area contributed by atoms with Gasteiger partial charge in [0.25, 0.3) is 0 Å². The van der Waals surface area contributed by atoms with E-state index < -0.39 is 9.84 Å². The number of anilines is 1. The molecular formula is C9H14N2O3S. The highest BCUT2D eigenvalue weighted by Gasteiger charge is 2.24. The van der Waals surface area contributed by atoms with Gasteiger partial charge in [-0.3, -0.25) is 0 Å². The van der Waals surface area contributed by atoms with Crippen LogP contribution in [0.1, 0.15) is 18.6 Å². The first-order valence-electron chi connectivity index (χ1n) is 4.97. The highest BCUT2D eigenvalue weighted by atomic mass is 32.2. The van der Waals surface area contributed by atoms with E-state index in [1.54, 1.807) is 6.07 Å². The minimum atomic E-state index is -2.77. The molecule has 84 valence electrons. The zero-order valence-corrected chi connectivity index (χ0v) is 9.16. The van der Waals surface area contributed by atoms with Crippen molar-refractivity contribution in [1.29, 1.82) is 0 Å². The van der Waals surface area contributed by atoms with Crippen LogP contribution >= 0.6 is 0 Å². The first kappa shape index (κ1) is 10.5. The summed E-state index contributed by atoms with van der Waals surface area (Å²) in [7, 11) is -2.77. The number of aromatic nitrogens is 1. The summed E-state index contributed by atoms with van der Waals surface area (Å²) in [5.41, 5.74) is 5.43. The fourth-order valence-electron chi connectivity index (χ4n) is 1.85. The standard InChI is InChI=1S/C9H14N2O3S/c10-9-6-8(14-11-9)5-7-1-3-15(12,13)4-2-7/h6-7H,1-5H2,(H2,10,11). The van der Waals surface area contributed by atoms with E-state index in [9.17, 15) is 8.42 Å². The summed E-state index contributed by atoms with van der Waals surface area (Å²) in [4.78, 5) is 0. The summed E-state index contributed by atoms with van der Waals surface area (Å²) in [6.45, 7) is 0. The molecule has 1 aliphatic heterocycles. The Kier molecular flexibility index (Phi) is 2.68. The lowest BCUT2D eigenvalue weighted by atomic mass is 9.97. The van der Waals surface area contributed by atoms with Crippen molar-refractivity contribution in [2.45, 2.75) is 19.3 Å². The Balaban J connectivity index is 1.92. The largest absolute Gasteiger partial charge is 0.381 e. The van der Waals surface area contributed by atoms with E-state index in [1.165, 1.54) is 0 Å². The molecule has 1 aliphatic rings. The van der Waals surface area contributed by atoms with Crippen LogP contribution in [-0.2, 0) is 16.3 Å². The number of nitrogen functional groups attached to an aromatic ring is 1. The highest BCUT2D eigenvalue weighted by molar-refractivity contribution is 7.91. The van der Waals surface area contributed by atoms with Gasteiger partial charge in [0.15, 0.2) is 5.82 Å². The molecule has 6 heteroatoms. The van der Waals surface area contributed by atoms with E-state index in [1.807, 2.05) is 0 Å². The van der Waals surface area contributed by atoms with Crippen LogP contribution in [0.15, 0.2) is 10.6 Å². The van der Waals surface area contributed by atoms with Crippen LogP contribution in [-0.4, -0.2) is 25.1 Å². The summed E-state index contributed by atoms with van der Waals surface area (Å²) >= 11 is 0. The van der Waals surface area contributed by atoms with Crippen LogP contribution in [0.2, 0.25) is 0 Å². The summed E-state index contributed by atoms with van der Waals surface area (Å²) < 4.78 is 27.4. The molecule has 0 spiro atoms. The normalized spacial score (nSPS) is 21.6. The third-order valence-corrected chi connectivity index (χ3v) is 4.46. The van der Waals surface area contributed by atoms with Crippen LogP contribution in [0.4, 0.5) is 5.82 Å². The minimum Gasteiger partial charge on any atom is -0.381 e. The summed E-state index contributed by atoms with van der Waals surface area (Å²) in [5.74, 6) is 2.09. The molecule has 0 amide bonds. The predicted molar refractivity (Wildman–Crippen MR) is 56.0 cm³/mol. The number of nitrogens with zero attached hydrogens (tertiary/aromatic N) is 1. The van der Waals surface area contributed by atoms with Crippen molar-refractivity contribution >= 4 is 15.7 Å². The van der Waals surface area contributed by atoms with Gasteiger partial charge in [-0.1, -0.05) is 5.16 Å². The lowest BCUT2D eigenvalue weighted by Crippen LogP contribution is -2.24. The number of hydrogen-bond donors (Lipinski definition) is 1. The van der Waals surface area contributed by atoms with Gasteiger partial charge in [0.1, 0.15) is 15.6 Å². The molecule has 1 fully saturated rings. The topological polar surface area (TPSA) is 86.2 Å². The third kappa shape index (κ3) is 2.71. The van der Waals surface area contributed by atoms with Gasteiger partial charge in [-0.15, -0.1) is 0 Å². The summed E-state index contributed by atoms with van der Waals surface area (Å²) in [6.07, 6.45) is 2.16. The van der Waals surface area contributed by atoms with Crippen molar-refractivity contribution in [2.24, 2.45) is 5.92 Å². The molecule has 0 bridgehead atoms. The van der Waals surface area contributed by atoms with Crippen LogP contribution < -0.4 is 5.73 Å². The van der Waals surface area contributed by atoms with E-state index in [4.69, 9.17) is 10.3 Å². The Morgan fingerprint density at radius 1 is 1.47 bits per heavy atom. The van der Waals surface area contributed by atoms with Crippen LogP contribution in [0.3, 0.4) is 0 Å². The molecular weight excluding hydrogens is 216 g/mol. The fourth-order valence-corrected chi connectivity index (χ4v) is 3.44. The van der Waals surface area contributed by atoms with Crippen molar-refractivity contribution in [3.8, 4) is 0 Å². The molecule has 15 heavy (non-hydrogen) atoms. The molecule has 5 nitrogen and oxygen atoms in total. The monoisotopic (exact) mass is 230 g/mol. The lowest BCUT2D eigenvalue weighted by Gasteiger charge is -2.20. The van der Waals surface area contributed by atoms with Gasteiger partial charge >= 0.3 is 0 Å². The maximum Gasteiger partial charge on any atom is 0.167 e. The van der Waals surface area contributed by atoms with E-state index in [-0.39, 0.29) is 0 Å². The second-order valence-corrected chi connectivity index (χ2v) is 6.32. The van der Waals surface area contributed by atoms with Gasteiger partial charge in [0.2, 0.25) is 0 Å². The molecule has 1 aromatic heterocycles. The average molecular weight is 230 g/mol. The molecule has 0 unspecified atom stereocenters. The zero-order valence-electron chi connectivity index (χ0n) is 8.35. The van der Waals surface area contributed by atoms with E-state index in [2.05, 4.69) is 5.16 Å². The molecule has 2 heterocycles. The summed E-state index contributed by atoms with van der Waals surface area (Å²) in [5, 5.41) is 3.60. The van der Waals surface area contributed by atoms with E-state index >= 15 is 0 Å².